The van der Waals surface area contributed by atoms with Crippen molar-refractivity contribution in [1.29, 1.82) is 0 Å². The van der Waals surface area contributed by atoms with Crippen LogP contribution in [0.5, 0.6) is 0 Å². The summed E-state index contributed by atoms with van der Waals surface area (Å²) < 4.78 is 5.39. The summed E-state index contributed by atoms with van der Waals surface area (Å²) in [4.78, 5) is 2.28. The molecule has 0 radical (unpaired) electrons. The van der Waals surface area contributed by atoms with Gasteiger partial charge in [-0.25, -0.2) is 0 Å². The Labute approximate surface area is 178 Å². The molecule has 1 N–H and O–H groups in total. The van der Waals surface area contributed by atoms with Crippen LogP contribution >= 0.6 is 0 Å². The minimum Gasteiger partial charge on any atom is -0.379 e. The van der Waals surface area contributed by atoms with E-state index in [1.165, 1.54) is 0 Å². The van der Waals surface area contributed by atoms with Gasteiger partial charge in [0.05, 0.1) is 19.8 Å². The number of rotatable bonds is 5. The SMILES string of the molecule is O[C@](CC#CCN1CCOCC1)(c1ccccc1)c1ccc(-c2ccccc2)cc1. The molecule has 0 bridgehead atoms. The molecule has 3 aromatic rings. The second-order valence-electron chi connectivity index (χ2n) is 7.59. The van der Waals surface area contributed by atoms with E-state index in [0.717, 1.165) is 48.6 Å². The maximum absolute atomic E-state index is 11.7. The number of benzene rings is 3. The Balaban J connectivity index is 1.57. The standard InChI is InChI=1S/C27H27NO2/c29-27(25-11-5-2-6-12-25,17-7-8-18-28-19-21-30-22-20-28)26-15-13-24(14-16-26)23-9-3-1-4-10-23/h1-6,9-16,29H,17-22H2/t27-/m1/s1. The van der Waals surface area contributed by atoms with Gasteiger partial charge in [0.25, 0.3) is 0 Å². The van der Waals surface area contributed by atoms with Gasteiger partial charge in [-0.05, 0) is 22.3 Å². The zero-order valence-corrected chi connectivity index (χ0v) is 17.1. The molecule has 1 heterocycles. The van der Waals surface area contributed by atoms with Gasteiger partial charge in [0, 0.05) is 19.5 Å². The van der Waals surface area contributed by atoms with Crippen molar-refractivity contribution in [3.05, 3.63) is 96.1 Å². The van der Waals surface area contributed by atoms with E-state index in [4.69, 9.17) is 4.74 Å². The maximum atomic E-state index is 11.7. The first-order chi connectivity index (χ1) is 14.8. The normalized spacial score (nSPS) is 16.3. The molecule has 4 rings (SSSR count). The van der Waals surface area contributed by atoms with Crippen LogP contribution in [0.25, 0.3) is 11.1 Å². The van der Waals surface area contributed by atoms with Crippen LogP contribution in [-0.4, -0.2) is 42.9 Å². The molecule has 0 aromatic heterocycles. The molecule has 0 aliphatic carbocycles. The van der Waals surface area contributed by atoms with Gasteiger partial charge in [-0.3, -0.25) is 4.90 Å². The van der Waals surface area contributed by atoms with E-state index in [-0.39, 0.29) is 0 Å². The van der Waals surface area contributed by atoms with Gasteiger partial charge in [0.15, 0.2) is 0 Å². The number of hydrogen-bond donors (Lipinski definition) is 1. The molecular formula is C27H27NO2. The van der Waals surface area contributed by atoms with Crippen LogP contribution in [0.15, 0.2) is 84.9 Å². The molecule has 1 saturated heterocycles. The topological polar surface area (TPSA) is 32.7 Å². The van der Waals surface area contributed by atoms with E-state index >= 15 is 0 Å². The first kappa shape index (κ1) is 20.4. The highest BCUT2D eigenvalue weighted by atomic mass is 16.5. The monoisotopic (exact) mass is 397 g/mol. The molecule has 1 aliphatic rings. The Morgan fingerprint density at radius 1 is 0.733 bits per heavy atom. The van der Waals surface area contributed by atoms with E-state index in [1.807, 2.05) is 60.7 Å². The smallest absolute Gasteiger partial charge is 0.125 e. The van der Waals surface area contributed by atoms with Crippen molar-refractivity contribution >= 4 is 0 Å². The van der Waals surface area contributed by atoms with Gasteiger partial charge in [-0.1, -0.05) is 96.8 Å². The lowest BCUT2D eigenvalue weighted by Gasteiger charge is -2.28. The number of hydrogen-bond acceptors (Lipinski definition) is 3. The first-order valence-corrected chi connectivity index (χ1v) is 10.5. The van der Waals surface area contributed by atoms with Gasteiger partial charge in [-0.15, -0.1) is 0 Å². The maximum Gasteiger partial charge on any atom is 0.125 e. The Morgan fingerprint density at radius 2 is 1.30 bits per heavy atom. The third-order valence-electron chi connectivity index (χ3n) is 5.60. The number of morpholine rings is 1. The molecule has 1 fully saturated rings. The molecule has 0 saturated carbocycles. The number of ether oxygens (including phenoxy) is 1. The van der Waals surface area contributed by atoms with E-state index in [0.29, 0.717) is 13.0 Å². The van der Waals surface area contributed by atoms with Gasteiger partial charge < -0.3 is 9.84 Å². The minimum absolute atomic E-state index is 0.353. The van der Waals surface area contributed by atoms with Crippen molar-refractivity contribution < 1.29 is 9.84 Å². The van der Waals surface area contributed by atoms with E-state index < -0.39 is 5.60 Å². The van der Waals surface area contributed by atoms with E-state index in [2.05, 4.69) is 41.0 Å². The summed E-state index contributed by atoms with van der Waals surface area (Å²) in [6.45, 7) is 4.07. The fourth-order valence-electron chi connectivity index (χ4n) is 3.77. The lowest BCUT2D eigenvalue weighted by Crippen LogP contribution is -2.36. The zero-order chi connectivity index (χ0) is 20.7. The second-order valence-corrected chi connectivity index (χ2v) is 7.59. The Morgan fingerprint density at radius 3 is 1.97 bits per heavy atom. The van der Waals surface area contributed by atoms with Crippen LogP contribution in [0.4, 0.5) is 0 Å². The van der Waals surface area contributed by atoms with Crippen LogP contribution in [0.1, 0.15) is 17.5 Å². The summed E-state index contributed by atoms with van der Waals surface area (Å²) in [7, 11) is 0. The Hall–Kier alpha value is -2.90. The average molecular weight is 398 g/mol. The van der Waals surface area contributed by atoms with Crippen molar-refractivity contribution in [2.24, 2.45) is 0 Å². The summed E-state index contributed by atoms with van der Waals surface area (Å²) in [5, 5.41) is 11.7. The van der Waals surface area contributed by atoms with Gasteiger partial charge >= 0.3 is 0 Å². The predicted octanol–water partition coefficient (Wildman–Crippen LogP) is 4.32. The molecule has 0 amide bonds. The predicted molar refractivity (Wildman–Crippen MR) is 121 cm³/mol. The third kappa shape index (κ3) is 4.80. The van der Waals surface area contributed by atoms with Crippen molar-refractivity contribution in [3.63, 3.8) is 0 Å². The molecule has 3 nitrogen and oxygen atoms in total. The molecule has 0 spiro atoms. The van der Waals surface area contributed by atoms with E-state index in [1.54, 1.807) is 0 Å². The summed E-state index contributed by atoms with van der Waals surface area (Å²) in [5.74, 6) is 6.48. The molecule has 3 heteroatoms. The molecule has 1 atom stereocenters. The third-order valence-corrected chi connectivity index (χ3v) is 5.60. The molecule has 152 valence electrons. The zero-order valence-electron chi connectivity index (χ0n) is 17.1. The highest BCUT2D eigenvalue weighted by Gasteiger charge is 2.30. The van der Waals surface area contributed by atoms with Crippen molar-refractivity contribution in [1.82, 2.24) is 4.90 Å². The molecule has 0 unspecified atom stereocenters. The van der Waals surface area contributed by atoms with Crippen LogP contribution in [0, 0.1) is 11.8 Å². The van der Waals surface area contributed by atoms with Gasteiger partial charge in [-0.2, -0.15) is 0 Å². The molecular weight excluding hydrogens is 370 g/mol. The summed E-state index contributed by atoms with van der Waals surface area (Å²) in [5.41, 5.74) is 2.87. The Kier molecular flexibility index (Phi) is 6.61. The summed E-state index contributed by atoms with van der Waals surface area (Å²) >= 11 is 0. The van der Waals surface area contributed by atoms with Gasteiger partial charge in [0.1, 0.15) is 5.60 Å². The van der Waals surface area contributed by atoms with Crippen LogP contribution in [0.3, 0.4) is 0 Å². The summed E-state index contributed by atoms with van der Waals surface area (Å²) in [6.07, 6.45) is 0.353. The lowest BCUT2D eigenvalue weighted by molar-refractivity contribution is 0.0443. The van der Waals surface area contributed by atoms with Crippen molar-refractivity contribution in [3.8, 4) is 23.0 Å². The van der Waals surface area contributed by atoms with Crippen molar-refractivity contribution in [2.45, 2.75) is 12.0 Å². The number of nitrogens with zero attached hydrogens (tertiary/aromatic N) is 1. The van der Waals surface area contributed by atoms with Gasteiger partial charge in [0.2, 0.25) is 0 Å². The minimum atomic E-state index is -1.14. The Bertz CT molecular complexity index is 984. The lowest BCUT2D eigenvalue weighted by atomic mass is 9.83. The fraction of sp³-hybridized carbons (Fsp3) is 0.259. The number of aliphatic hydroxyl groups is 1. The quantitative estimate of drug-likeness (QED) is 0.651. The largest absolute Gasteiger partial charge is 0.379 e. The average Bonchev–Trinajstić information content (AvgIpc) is 2.83. The van der Waals surface area contributed by atoms with Crippen molar-refractivity contribution in [2.75, 3.05) is 32.8 Å². The summed E-state index contributed by atoms with van der Waals surface area (Å²) in [6, 6.07) is 28.3. The fourth-order valence-corrected chi connectivity index (χ4v) is 3.77. The van der Waals surface area contributed by atoms with E-state index in [9.17, 15) is 5.11 Å². The molecule has 1 aliphatic heterocycles. The molecule has 3 aromatic carbocycles. The van der Waals surface area contributed by atoms with Crippen LogP contribution in [-0.2, 0) is 10.3 Å². The van der Waals surface area contributed by atoms with Crippen LogP contribution < -0.4 is 0 Å². The molecule has 30 heavy (non-hydrogen) atoms. The van der Waals surface area contributed by atoms with Crippen LogP contribution in [0.2, 0.25) is 0 Å². The highest BCUT2D eigenvalue weighted by molar-refractivity contribution is 5.64. The highest BCUT2D eigenvalue weighted by Crippen LogP contribution is 2.34. The first-order valence-electron chi connectivity index (χ1n) is 10.5. The second kappa shape index (κ2) is 9.73.